The average Bonchev–Trinajstić information content (AvgIpc) is 2.33. The quantitative estimate of drug-likeness (QED) is 0.650. The van der Waals surface area contributed by atoms with Crippen molar-refractivity contribution in [3.63, 3.8) is 0 Å². The minimum Gasteiger partial charge on any atom is -0.246 e. The van der Waals surface area contributed by atoms with E-state index in [1.807, 2.05) is 6.08 Å². The Labute approximate surface area is 78.2 Å². The summed E-state index contributed by atoms with van der Waals surface area (Å²) >= 11 is 1.80. The minimum atomic E-state index is 0.973. The first-order valence-corrected chi connectivity index (χ1v) is 5.15. The Hall–Kier alpha value is -0.630. The van der Waals surface area contributed by atoms with Gasteiger partial charge in [0, 0.05) is 11.3 Å². The van der Waals surface area contributed by atoms with Crippen molar-refractivity contribution in [2.75, 3.05) is 0 Å². The molecule has 0 saturated heterocycles. The Bertz CT molecular complexity index is 263. The maximum atomic E-state index is 4.49. The minimum absolute atomic E-state index is 0.973. The fourth-order valence-electron chi connectivity index (χ4n) is 1.24. The second kappa shape index (κ2) is 4.41. The van der Waals surface area contributed by atoms with Gasteiger partial charge in [-0.2, -0.15) is 0 Å². The van der Waals surface area contributed by atoms with Crippen LogP contribution in [0, 0.1) is 6.92 Å². The van der Waals surface area contributed by atoms with E-state index in [1.165, 1.54) is 22.0 Å². The molecule has 0 saturated carbocycles. The van der Waals surface area contributed by atoms with Gasteiger partial charge in [0.05, 0.1) is 10.7 Å². The standard InChI is InChI=1S/C10H15NS/c1-4-6-9-10(7-5-2)12-8(3)11-9/h5H,2,4,6-7H2,1,3H3. The van der Waals surface area contributed by atoms with Crippen LogP contribution in [-0.4, -0.2) is 4.98 Å². The van der Waals surface area contributed by atoms with Gasteiger partial charge in [-0.1, -0.05) is 19.4 Å². The zero-order valence-electron chi connectivity index (χ0n) is 7.76. The zero-order chi connectivity index (χ0) is 8.97. The largest absolute Gasteiger partial charge is 0.246 e. The van der Waals surface area contributed by atoms with Gasteiger partial charge in [0.15, 0.2) is 0 Å². The molecule has 2 heteroatoms. The molecule has 1 aromatic heterocycles. The molecule has 0 atom stereocenters. The molecule has 0 aliphatic heterocycles. The highest BCUT2D eigenvalue weighted by atomic mass is 32.1. The van der Waals surface area contributed by atoms with Crippen molar-refractivity contribution in [2.45, 2.75) is 33.1 Å². The second-order valence-corrected chi connectivity index (χ2v) is 4.13. The third-order valence-corrected chi connectivity index (χ3v) is 2.74. The smallest absolute Gasteiger partial charge is 0.0900 e. The highest BCUT2D eigenvalue weighted by Gasteiger charge is 2.05. The van der Waals surface area contributed by atoms with Crippen LogP contribution in [0.1, 0.15) is 28.9 Å². The normalized spacial score (nSPS) is 10.2. The Kier molecular flexibility index (Phi) is 3.48. The molecule has 66 valence electrons. The summed E-state index contributed by atoms with van der Waals surface area (Å²) in [6.45, 7) is 8.00. The van der Waals surface area contributed by atoms with Crippen LogP contribution in [0.25, 0.3) is 0 Å². The van der Waals surface area contributed by atoms with E-state index in [-0.39, 0.29) is 0 Å². The average molecular weight is 181 g/mol. The lowest BCUT2D eigenvalue weighted by molar-refractivity contribution is 0.875. The summed E-state index contributed by atoms with van der Waals surface area (Å²) in [5.74, 6) is 0. The van der Waals surface area contributed by atoms with Gasteiger partial charge in [-0.05, 0) is 13.3 Å². The van der Waals surface area contributed by atoms with E-state index in [0.717, 1.165) is 12.8 Å². The number of hydrogen-bond donors (Lipinski definition) is 0. The lowest BCUT2D eigenvalue weighted by Crippen LogP contribution is -1.88. The number of hydrogen-bond acceptors (Lipinski definition) is 2. The van der Waals surface area contributed by atoms with Gasteiger partial charge in [0.2, 0.25) is 0 Å². The highest BCUT2D eigenvalue weighted by Crippen LogP contribution is 2.19. The van der Waals surface area contributed by atoms with Gasteiger partial charge in [-0.15, -0.1) is 17.9 Å². The van der Waals surface area contributed by atoms with E-state index in [0.29, 0.717) is 0 Å². The molecular weight excluding hydrogens is 166 g/mol. The van der Waals surface area contributed by atoms with Gasteiger partial charge in [-0.25, -0.2) is 4.98 Å². The Morgan fingerprint density at radius 1 is 1.58 bits per heavy atom. The SMILES string of the molecule is C=CCc1sc(C)nc1CCC. The van der Waals surface area contributed by atoms with Crippen molar-refractivity contribution in [2.24, 2.45) is 0 Å². The molecule has 0 bridgehead atoms. The Balaban J connectivity index is 2.83. The molecule has 0 spiro atoms. The summed E-state index contributed by atoms with van der Waals surface area (Å²) in [7, 11) is 0. The van der Waals surface area contributed by atoms with Gasteiger partial charge in [0.25, 0.3) is 0 Å². The predicted octanol–water partition coefficient (Wildman–Crippen LogP) is 3.13. The lowest BCUT2D eigenvalue weighted by atomic mass is 10.2. The van der Waals surface area contributed by atoms with Gasteiger partial charge in [0.1, 0.15) is 0 Å². The third kappa shape index (κ3) is 2.18. The van der Waals surface area contributed by atoms with E-state index in [1.54, 1.807) is 11.3 Å². The molecule has 1 aromatic rings. The lowest BCUT2D eigenvalue weighted by Gasteiger charge is -1.95. The van der Waals surface area contributed by atoms with Crippen LogP contribution in [0.2, 0.25) is 0 Å². The van der Waals surface area contributed by atoms with Crippen LogP contribution in [0.3, 0.4) is 0 Å². The molecule has 0 aliphatic rings. The molecule has 12 heavy (non-hydrogen) atoms. The molecule has 1 nitrogen and oxygen atoms in total. The first-order chi connectivity index (χ1) is 5.77. The monoisotopic (exact) mass is 181 g/mol. The second-order valence-electron chi connectivity index (χ2n) is 2.85. The fourth-order valence-corrected chi connectivity index (χ4v) is 2.21. The van der Waals surface area contributed by atoms with Crippen LogP contribution in [-0.2, 0) is 12.8 Å². The van der Waals surface area contributed by atoms with Crippen molar-refractivity contribution in [1.82, 2.24) is 4.98 Å². The molecule has 0 aromatic carbocycles. The summed E-state index contributed by atoms with van der Waals surface area (Å²) < 4.78 is 0. The zero-order valence-corrected chi connectivity index (χ0v) is 8.58. The van der Waals surface area contributed by atoms with Crippen molar-refractivity contribution in [3.8, 4) is 0 Å². The maximum Gasteiger partial charge on any atom is 0.0900 e. The first-order valence-electron chi connectivity index (χ1n) is 4.34. The summed E-state index contributed by atoms with van der Waals surface area (Å²) in [6.07, 6.45) is 5.20. The van der Waals surface area contributed by atoms with Crippen LogP contribution in [0.5, 0.6) is 0 Å². The van der Waals surface area contributed by atoms with E-state index >= 15 is 0 Å². The summed E-state index contributed by atoms with van der Waals surface area (Å²) in [6, 6.07) is 0. The van der Waals surface area contributed by atoms with E-state index in [9.17, 15) is 0 Å². The van der Waals surface area contributed by atoms with Crippen molar-refractivity contribution < 1.29 is 0 Å². The fraction of sp³-hybridized carbons (Fsp3) is 0.500. The molecule has 1 rings (SSSR count). The third-order valence-electron chi connectivity index (χ3n) is 1.70. The number of rotatable bonds is 4. The predicted molar refractivity (Wildman–Crippen MR) is 54.7 cm³/mol. The highest BCUT2D eigenvalue weighted by molar-refractivity contribution is 7.11. The molecule has 1 heterocycles. The molecule has 0 amide bonds. The number of aromatic nitrogens is 1. The number of aryl methyl sites for hydroxylation is 2. The van der Waals surface area contributed by atoms with Crippen molar-refractivity contribution >= 4 is 11.3 Å². The molecule has 0 N–H and O–H groups in total. The summed E-state index contributed by atoms with van der Waals surface area (Å²) in [5.41, 5.74) is 1.28. The molecule has 0 fully saturated rings. The van der Waals surface area contributed by atoms with Crippen LogP contribution in [0.15, 0.2) is 12.7 Å². The van der Waals surface area contributed by atoms with Crippen molar-refractivity contribution in [1.29, 1.82) is 0 Å². The van der Waals surface area contributed by atoms with Crippen LogP contribution >= 0.6 is 11.3 Å². The van der Waals surface area contributed by atoms with E-state index in [4.69, 9.17) is 0 Å². The van der Waals surface area contributed by atoms with Crippen molar-refractivity contribution in [3.05, 3.63) is 28.2 Å². The summed E-state index contributed by atoms with van der Waals surface area (Å²) in [5, 5.41) is 1.18. The number of thiazole rings is 1. The van der Waals surface area contributed by atoms with Gasteiger partial charge >= 0.3 is 0 Å². The molecule has 0 aliphatic carbocycles. The van der Waals surface area contributed by atoms with E-state index < -0.39 is 0 Å². The Morgan fingerprint density at radius 3 is 2.92 bits per heavy atom. The summed E-state index contributed by atoms with van der Waals surface area (Å²) in [4.78, 5) is 5.88. The first kappa shape index (κ1) is 9.46. The van der Waals surface area contributed by atoms with Gasteiger partial charge < -0.3 is 0 Å². The number of nitrogens with zero attached hydrogens (tertiary/aromatic N) is 1. The number of allylic oxidation sites excluding steroid dienone is 1. The van der Waals surface area contributed by atoms with E-state index in [2.05, 4.69) is 25.4 Å². The molecule has 0 radical (unpaired) electrons. The van der Waals surface area contributed by atoms with Gasteiger partial charge in [-0.3, -0.25) is 0 Å². The molecule has 0 unspecified atom stereocenters. The topological polar surface area (TPSA) is 12.9 Å². The Morgan fingerprint density at radius 2 is 2.33 bits per heavy atom. The maximum absolute atomic E-state index is 4.49. The van der Waals surface area contributed by atoms with Crippen LogP contribution < -0.4 is 0 Å². The molecular formula is C10H15NS. The van der Waals surface area contributed by atoms with Crippen LogP contribution in [0.4, 0.5) is 0 Å².